The van der Waals surface area contributed by atoms with Crippen molar-refractivity contribution in [2.75, 3.05) is 11.9 Å². The van der Waals surface area contributed by atoms with Gasteiger partial charge in [0.1, 0.15) is 6.10 Å². The number of halogens is 1. The van der Waals surface area contributed by atoms with E-state index < -0.39 is 10.0 Å². The zero-order valence-electron chi connectivity index (χ0n) is 19.0. The Morgan fingerprint density at radius 1 is 1.03 bits per heavy atom. The molecule has 2 aromatic heterocycles. The summed E-state index contributed by atoms with van der Waals surface area (Å²) < 4.78 is 34.0. The minimum absolute atomic E-state index is 0.170. The number of hydrogen-bond donors (Lipinski definition) is 1. The van der Waals surface area contributed by atoms with E-state index in [1.54, 1.807) is 48.8 Å². The number of ether oxygens (including phenoxy) is 1. The Balaban J connectivity index is 1.46. The summed E-state index contributed by atoms with van der Waals surface area (Å²) in [5, 5.41) is 4.68. The molecule has 2 fully saturated rings. The Kier molecular flexibility index (Phi) is 5.55. The summed E-state index contributed by atoms with van der Waals surface area (Å²) >= 11 is 6.59. The lowest BCUT2D eigenvalue weighted by Gasteiger charge is -2.37. The van der Waals surface area contributed by atoms with Crippen molar-refractivity contribution in [3.05, 3.63) is 72.0 Å². The van der Waals surface area contributed by atoms with Crippen molar-refractivity contribution in [3.63, 3.8) is 0 Å². The summed E-state index contributed by atoms with van der Waals surface area (Å²) in [6.45, 7) is 0.748. The van der Waals surface area contributed by atoms with Crippen molar-refractivity contribution in [1.29, 1.82) is 0 Å². The number of anilines is 1. The van der Waals surface area contributed by atoms with Gasteiger partial charge in [-0.05, 0) is 31.0 Å². The lowest BCUT2D eigenvalue weighted by atomic mass is 9.79. The number of benzene rings is 2. The van der Waals surface area contributed by atoms with Crippen molar-refractivity contribution in [1.82, 2.24) is 13.9 Å². The zero-order valence-corrected chi connectivity index (χ0v) is 20.6. The van der Waals surface area contributed by atoms with Crippen LogP contribution in [0.4, 0.5) is 5.95 Å². The molecule has 1 aliphatic heterocycles. The van der Waals surface area contributed by atoms with Crippen LogP contribution in [-0.4, -0.2) is 40.6 Å². The second-order valence-corrected chi connectivity index (χ2v) is 11.4. The van der Waals surface area contributed by atoms with Gasteiger partial charge in [0.15, 0.2) is 0 Å². The average molecular weight is 509 g/mol. The topological polar surface area (TPSA) is 89.4 Å². The highest BCUT2D eigenvalue weighted by atomic mass is 35.5. The lowest BCUT2D eigenvalue weighted by molar-refractivity contribution is 0.241. The molecule has 0 amide bonds. The van der Waals surface area contributed by atoms with Gasteiger partial charge in [0, 0.05) is 17.1 Å². The van der Waals surface area contributed by atoms with Gasteiger partial charge in [-0.15, -0.1) is 0 Å². The molecule has 7 nitrogen and oxygen atoms in total. The molecule has 1 aliphatic carbocycles. The summed E-state index contributed by atoms with van der Waals surface area (Å²) in [4.78, 5) is 9.47. The SMILES string of the molecule is O=S(=O)(c1ccccc1)n1cc(-c2nc(NC3(C4CO4)CCCCC3)ncc2Cl)c2ccccc21. The van der Waals surface area contributed by atoms with Crippen LogP contribution >= 0.6 is 11.6 Å². The first-order valence-corrected chi connectivity index (χ1v) is 13.6. The molecule has 3 heterocycles. The molecule has 2 aliphatic rings. The third-order valence-corrected chi connectivity index (χ3v) is 9.00. The van der Waals surface area contributed by atoms with Crippen LogP contribution < -0.4 is 5.32 Å². The van der Waals surface area contributed by atoms with Crippen molar-refractivity contribution >= 4 is 38.5 Å². The van der Waals surface area contributed by atoms with E-state index in [-0.39, 0.29) is 16.5 Å². The maximum Gasteiger partial charge on any atom is 0.268 e. The molecular formula is C26H25ClN4O3S. The first-order valence-electron chi connectivity index (χ1n) is 11.8. The van der Waals surface area contributed by atoms with E-state index in [2.05, 4.69) is 10.3 Å². The molecule has 1 atom stereocenters. The summed E-state index contributed by atoms with van der Waals surface area (Å²) in [6.07, 6.45) is 8.86. The van der Waals surface area contributed by atoms with Crippen LogP contribution in [0, 0.1) is 0 Å². The van der Waals surface area contributed by atoms with E-state index in [1.165, 1.54) is 10.4 Å². The number of aromatic nitrogens is 3. The monoisotopic (exact) mass is 508 g/mol. The van der Waals surface area contributed by atoms with Gasteiger partial charge in [0.2, 0.25) is 5.95 Å². The van der Waals surface area contributed by atoms with Crippen molar-refractivity contribution in [2.45, 2.75) is 48.6 Å². The summed E-state index contributed by atoms with van der Waals surface area (Å²) in [7, 11) is -3.81. The van der Waals surface area contributed by atoms with E-state index in [9.17, 15) is 8.42 Å². The Bertz CT molecular complexity index is 1490. The van der Waals surface area contributed by atoms with Crippen LogP contribution in [0.15, 0.2) is 71.9 Å². The van der Waals surface area contributed by atoms with Gasteiger partial charge >= 0.3 is 0 Å². The molecule has 6 rings (SSSR count). The van der Waals surface area contributed by atoms with E-state index in [0.717, 1.165) is 37.7 Å². The molecule has 0 bridgehead atoms. The van der Waals surface area contributed by atoms with Gasteiger partial charge in [0.05, 0.1) is 39.5 Å². The van der Waals surface area contributed by atoms with E-state index >= 15 is 0 Å². The number of rotatable bonds is 6. The predicted molar refractivity (Wildman–Crippen MR) is 136 cm³/mol. The summed E-state index contributed by atoms with van der Waals surface area (Å²) in [5.74, 6) is 0.476. The largest absolute Gasteiger partial charge is 0.371 e. The van der Waals surface area contributed by atoms with E-state index in [4.69, 9.17) is 21.3 Å². The second-order valence-electron chi connectivity index (χ2n) is 9.23. The Hall–Kier alpha value is -2.94. The Morgan fingerprint density at radius 2 is 1.74 bits per heavy atom. The fraction of sp³-hybridized carbons (Fsp3) is 0.308. The van der Waals surface area contributed by atoms with Crippen LogP contribution in [0.25, 0.3) is 22.2 Å². The van der Waals surface area contributed by atoms with Gasteiger partial charge in [-0.2, -0.15) is 0 Å². The molecule has 1 unspecified atom stereocenters. The fourth-order valence-corrected chi connectivity index (χ4v) is 6.74. The number of fused-ring (bicyclic) bond motifs is 1. The number of nitrogens with zero attached hydrogens (tertiary/aromatic N) is 3. The molecule has 0 spiro atoms. The Morgan fingerprint density at radius 3 is 2.49 bits per heavy atom. The van der Waals surface area contributed by atoms with Gasteiger partial charge in [-0.25, -0.2) is 22.4 Å². The van der Waals surface area contributed by atoms with Crippen LogP contribution in [0.5, 0.6) is 0 Å². The number of para-hydroxylation sites is 1. The van der Waals surface area contributed by atoms with Gasteiger partial charge in [-0.3, -0.25) is 0 Å². The van der Waals surface area contributed by atoms with Gasteiger partial charge < -0.3 is 10.1 Å². The second kappa shape index (κ2) is 8.62. The third-order valence-electron chi connectivity index (χ3n) is 7.03. The van der Waals surface area contributed by atoms with Crippen LogP contribution in [0.1, 0.15) is 32.1 Å². The minimum Gasteiger partial charge on any atom is -0.371 e. The van der Waals surface area contributed by atoms with Gasteiger partial charge in [0.25, 0.3) is 10.0 Å². The number of nitrogens with one attached hydrogen (secondary N) is 1. The smallest absolute Gasteiger partial charge is 0.268 e. The van der Waals surface area contributed by atoms with Crippen LogP contribution in [0.3, 0.4) is 0 Å². The lowest BCUT2D eigenvalue weighted by Crippen LogP contribution is -2.46. The molecule has 4 aromatic rings. The highest BCUT2D eigenvalue weighted by Gasteiger charge is 2.47. The molecule has 180 valence electrons. The third kappa shape index (κ3) is 3.99. The average Bonchev–Trinajstić information content (AvgIpc) is 3.68. The van der Waals surface area contributed by atoms with E-state index in [1.807, 2.05) is 18.2 Å². The quantitative estimate of drug-likeness (QED) is 0.346. The predicted octanol–water partition coefficient (Wildman–Crippen LogP) is 5.50. The molecule has 1 saturated carbocycles. The maximum atomic E-state index is 13.5. The molecule has 0 radical (unpaired) electrons. The number of hydrogen-bond acceptors (Lipinski definition) is 6. The molecule has 1 N–H and O–H groups in total. The Labute approximate surface area is 209 Å². The van der Waals surface area contributed by atoms with E-state index in [0.29, 0.717) is 27.7 Å². The maximum absolute atomic E-state index is 13.5. The van der Waals surface area contributed by atoms with Gasteiger partial charge in [-0.1, -0.05) is 67.3 Å². The highest BCUT2D eigenvalue weighted by molar-refractivity contribution is 7.90. The normalized spacial score (nSPS) is 19.5. The molecule has 1 saturated heterocycles. The van der Waals surface area contributed by atoms with Crippen molar-refractivity contribution < 1.29 is 13.2 Å². The van der Waals surface area contributed by atoms with Crippen LogP contribution in [0.2, 0.25) is 5.02 Å². The molecule has 35 heavy (non-hydrogen) atoms. The molecule has 9 heteroatoms. The fourth-order valence-electron chi connectivity index (χ4n) is 5.16. The first-order chi connectivity index (χ1) is 17.0. The standard InChI is InChI=1S/C26H25ClN4O3S/c27-21-15-28-25(30-26(23-17-34-23)13-7-2-8-14-26)29-24(21)20-16-31(22-12-6-5-11-19(20)22)35(32,33)18-9-3-1-4-10-18/h1,3-6,9-12,15-16,23H,2,7-8,13-14,17H2,(H,28,29,30). The van der Waals surface area contributed by atoms with Crippen molar-refractivity contribution in [3.8, 4) is 11.3 Å². The van der Waals surface area contributed by atoms with Crippen LogP contribution in [-0.2, 0) is 14.8 Å². The molecule has 2 aromatic carbocycles. The minimum atomic E-state index is -3.81. The first kappa shape index (κ1) is 22.5. The number of epoxide rings is 1. The highest BCUT2D eigenvalue weighted by Crippen LogP contribution is 2.41. The summed E-state index contributed by atoms with van der Waals surface area (Å²) in [5.41, 5.74) is 1.51. The molecular weight excluding hydrogens is 484 g/mol. The zero-order chi connectivity index (χ0) is 24.0. The van der Waals surface area contributed by atoms with Crippen molar-refractivity contribution in [2.24, 2.45) is 0 Å². The summed E-state index contributed by atoms with van der Waals surface area (Å²) in [6, 6.07) is 15.8.